The molecule has 1 saturated carbocycles. The maximum absolute atomic E-state index is 12.4. The lowest BCUT2D eigenvalue weighted by Crippen LogP contribution is -2.30. The number of nitrogens with one attached hydrogen (secondary N) is 2. The number of unbranched alkanes of at least 4 members (excludes halogenated alkanes) is 1. The van der Waals surface area contributed by atoms with Gasteiger partial charge >= 0.3 is 6.36 Å². The average molecular weight is 549 g/mol. The van der Waals surface area contributed by atoms with Crippen LogP contribution < -0.4 is 15.4 Å². The lowest BCUT2D eigenvalue weighted by molar-refractivity contribution is -0.274. The number of rotatable bonds is 12. The van der Waals surface area contributed by atoms with Crippen LogP contribution in [0.2, 0.25) is 0 Å². The van der Waals surface area contributed by atoms with Crippen molar-refractivity contribution in [3.63, 3.8) is 0 Å². The van der Waals surface area contributed by atoms with Gasteiger partial charge in [-0.05, 0) is 49.3 Å². The highest BCUT2D eigenvalue weighted by molar-refractivity contribution is 5.92. The number of hydrogen-bond donors (Lipinski definition) is 2. The van der Waals surface area contributed by atoms with Crippen LogP contribution in [0.3, 0.4) is 0 Å². The summed E-state index contributed by atoms with van der Waals surface area (Å²) < 4.78 is 44.3. The molecule has 2 heterocycles. The summed E-state index contributed by atoms with van der Waals surface area (Å²) in [7, 11) is 0. The predicted molar refractivity (Wildman–Crippen MR) is 134 cm³/mol. The molecule has 2 N–H and O–H groups in total. The molecule has 0 aliphatic heterocycles. The van der Waals surface area contributed by atoms with Crippen LogP contribution in [0.5, 0.6) is 5.75 Å². The first-order chi connectivity index (χ1) is 18.7. The van der Waals surface area contributed by atoms with Crippen molar-refractivity contribution in [1.82, 2.24) is 35.3 Å². The summed E-state index contributed by atoms with van der Waals surface area (Å²) in [6.07, 6.45) is 5.80. The topological polar surface area (TPSA) is 129 Å². The molecule has 0 saturated heterocycles. The Hall–Kier alpha value is -3.97. The molecule has 14 heteroatoms. The molecule has 0 atom stereocenters. The van der Waals surface area contributed by atoms with Gasteiger partial charge in [0.2, 0.25) is 5.91 Å². The second-order valence-corrected chi connectivity index (χ2v) is 9.58. The Kier molecular flexibility index (Phi) is 9.49. The molecular formula is C25H31F3N8O3. The molecule has 2 aromatic heterocycles. The molecule has 2 amide bonds. The summed E-state index contributed by atoms with van der Waals surface area (Å²) in [6.45, 7) is 1.80. The molecule has 39 heavy (non-hydrogen) atoms. The number of aromatic nitrogens is 6. The van der Waals surface area contributed by atoms with Crippen LogP contribution in [0.15, 0.2) is 36.7 Å². The number of amides is 2. The number of nitrogens with zero attached hydrogens (tertiary/aromatic N) is 6. The van der Waals surface area contributed by atoms with E-state index in [0.717, 1.165) is 37.8 Å². The summed E-state index contributed by atoms with van der Waals surface area (Å²) in [5, 5.41) is 21.4. The molecular weight excluding hydrogens is 517 g/mol. The van der Waals surface area contributed by atoms with Crippen molar-refractivity contribution in [1.29, 1.82) is 0 Å². The number of aryl methyl sites for hydroxylation is 2. The molecule has 0 radical (unpaired) electrons. The number of halogens is 3. The first-order valence-electron chi connectivity index (χ1n) is 13.0. The summed E-state index contributed by atoms with van der Waals surface area (Å²) in [5.74, 6) is -0.258. The van der Waals surface area contributed by atoms with Gasteiger partial charge in [-0.2, -0.15) is 0 Å². The van der Waals surface area contributed by atoms with E-state index in [9.17, 15) is 22.8 Å². The number of carbonyl (C=O) groups is 2. The van der Waals surface area contributed by atoms with Crippen LogP contribution in [0.1, 0.15) is 61.0 Å². The van der Waals surface area contributed by atoms with E-state index in [0.29, 0.717) is 36.8 Å². The Balaban J connectivity index is 1.14. The molecule has 11 nitrogen and oxygen atoms in total. The highest BCUT2D eigenvalue weighted by Gasteiger charge is 2.31. The van der Waals surface area contributed by atoms with Crippen molar-refractivity contribution in [3.05, 3.63) is 47.9 Å². The third-order valence-corrected chi connectivity index (χ3v) is 6.37. The lowest BCUT2D eigenvalue weighted by Gasteiger charge is -2.21. The highest BCUT2D eigenvalue weighted by atomic mass is 19.4. The first kappa shape index (κ1) is 28.0. The van der Waals surface area contributed by atoms with Gasteiger partial charge in [-0.15, -0.1) is 23.4 Å². The second kappa shape index (κ2) is 13.2. The normalized spacial score (nSPS) is 14.2. The zero-order valence-corrected chi connectivity index (χ0v) is 21.4. The Morgan fingerprint density at radius 3 is 2.46 bits per heavy atom. The maximum Gasteiger partial charge on any atom is 0.573 e. The summed E-state index contributed by atoms with van der Waals surface area (Å²) >= 11 is 0. The highest BCUT2D eigenvalue weighted by Crippen LogP contribution is 2.24. The quantitative estimate of drug-likeness (QED) is 0.330. The molecule has 210 valence electrons. The van der Waals surface area contributed by atoms with E-state index in [1.54, 1.807) is 21.8 Å². The lowest BCUT2D eigenvalue weighted by atomic mass is 9.89. The van der Waals surface area contributed by atoms with Gasteiger partial charge < -0.3 is 15.4 Å². The third kappa shape index (κ3) is 9.37. The summed E-state index contributed by atoms with van der Waals surface area (Å²) in [6, 6.07) is 5.23. The van der Waals surface area contributed by atoms with Gasteiger partial charge in [0, 0.05) is 19.6 Å². The number of benzene rings is 1. The van der Waals surface area contributed by atoms with Crippen LogP contribution in [0.25, 0.3) is 0 Å². The monoisotopic (exact) mass is 548 g/mol. The zero-order valence-electron chi connectivity index (χ0n) is 21.4. The molecule has 0 spiro atoms. The van der Waals surface area contributed by atoms with E-state index in [1.807, 2.05) is 0 Å². The molecule has 1 fully saturated rings. The average Bonchev–Trinajstić information content (AvgIpc) is 3.54. The molecule has 0 bridgehead atoms. The van der Waals surface area contributed by atoms with Crippen LogP contribution >= 0.6 is 0 Å². The fourth-order valence-electron chi connectivity index (χ4n) is 4.47. The number of hydrogen-bond acceptors (Lipinski definition) is 7. The Morgan fingerprint density at radius 1 is 1.00 bits per heavy atom. The molecule has 4 rings (SSSR count). The van der Waals surface area contributed by atoms with Crippen LogP contribution in [0.4, 0.5) is 19.0 Å². The minimum Gasteiger partial charge on any atom is -0.406 e. The number of alkyl halides is 3. The van der Waals surface area contributed by atoms with Gasteiger partial charge in [0.05, 0.1) is 18.8 Å². The number of ether oxygens (including phenoxy) is 1. The molecule has 3 aromatic rings. The van der Waals surface area contributed by atoms with Crippen molar-refractivity contribution < 1.29 is 27.5 Å². The van der Waals surface area contributed by atoms with Crippen molar-refractivity contribution in [2.75, 3.05) is 11.9 Å². The van der Waals surface area contributed by atoms with Gasteiger partial charge in [-0.1, -0.05) is 41.8 Å². The van der Waals surface area contributed by atoms with Gasteiger partial charge in [0.25, 0.3) is 5.91 Å². The van der Waals surface area contributed by atoms with E-state index in [1.165, 1.54) is 31.4 Å². The van der Waals surface area contributed by atoms with Crippen molar-refractivity contribution >= 4 is 17.6 Å². The number of anilines is 1. The molecule has 1 aliphatic rings. The van der Waals surface area contributed by atoms with Gasteiger partial charge in [0.1, 0.15) is 5.75 Å². The van der Waals surface area contributed by atoms with Crippen molar-refractivity contribution in [3.8, 4) is 5.75 Å². The summed E-state index contributed by atoms with van der Waals surface area (Å²) in [5.41, 5.74) is 0.668. The van der Waals surface area contributed by atoms with E-state index >= 15 is 0 Å². The first-order valence-corrected chi connectivity index (χ1v) is 13.0. The van der Waals surface area contributed by atoms with E-state index < -0.39 is 18.0 Å². The minimum atomic E-state index is -4.80. The van der Waals surface area contributed by atoms with Gasteiger partial charge in [0.15, 0.2) is 11.5 Å². The van der Waals surface area contributed by atoms with E-state index in [-0.39, 0.29) is 18.1 Å². The smallest absolute Gasteiger partial charge is 0.406 e. The Labute approximate surface area is 223 Å². The van der Waals surface area contributed by atoms with Gasteiger partial charge in [-0.25, -0.2) is 0 Å². The predicted octanol–water partition coefficient (Wildman–Crippen LogP) is 3.74. The summed E-state index contributed by atoms with van der Waals surface area (Å²) in [4.78, 5) is 24.6. The zero-order chi connectivity index (χ0) is 27.7. The molecule has 1 aliphatic carbocycles. The standard InChI is InChI=1S/C25H31F3N8O3/c26-25(27,28)39-20-10-6-9-19(13-20)14-23(37)30-22-17-36(34-32-22)12-5-4-11-35-16-21(31-33-35)24(38)29-15-18-7-2-1-3-8-18/h6,9-10,13,16-18H,1-5,7-8,11-12,14-15H2,(H,29,38)(H,30,37). The van der Waals surface area contributed by atoms with E-state index in [4.69, 9.17) is 0 Å². The van der Waals surface area contributed by atoms with Gasteiger partial charge in [-0.3, -0.25) is 19.0 Å². The second-order valence-electron chi connectivity index (χ2n) is 9.58. The van der Waals surface area contributed by atoms with Crippen LogP contribution in [0, 0.1) is 5.92 Å². The largest absolute Gasteiger partial charge is 0.573 e. The minimum absolute atomic E-state index is 0.152. The Bertz CT molecular complexity index is 1240. The van der Waals surface area contributed by atoms with Crippen LogP contribution in [-0.4, -0.2) is 54.7 Å². The van der Waals surface area contributed by atoms with Crippen molar-refractivity contribution in [2.24, 2.45) is 5.92 Å². The Morgan fingerprint density at radius 2 is 1.72 bits per heavy atom. The molecule has 0 unspecified atom stereocenters. The third-order valence-electron chi connectivity index (χ3n) is 6.37. The fourth-order valence-corrected chi connectivity index (χ4v) is 4.47. The molecule has 1 aromatic carbocycles. The van der Waals surface area contributed by atoms with Crippen LogP contribution in [-0.2, 0) is 24.3 Å². The maximum atomic E-state index is 12.4. The fraction of sp³-hybridized carbons (Fsp3) is 0.520. The number of carbonyl (C=O) groups excluding carboxylic acids is 2. The van der Waals surface area contributed by atoms with Crippen molar-refractivity contribution in [2.45, 2.75) is 70.8 Å². The van der Waals surface area contributed by atoms with E-state index in [2.05, 4.69) is 36.0 Å². The SMILES string of the molecule is O=C(Cc1cccc(OC(F)(F)F)c1)Nc1cn(CCCCn2cc(C(=O)NCC3CCCCC3)nn2)nn1.